The Balaban J connectivity index is 2.36. The molecule has 1 aromatic rings. The van der Waals surface area contributed by atoms with Crippen molar-refractivity contribution in [3.8, 4) is 0 Å². The molecule has 0 fully saturated rings. The average molecular weight is 306 g/mol. The Labute approximate surface area is 120 Å². The van der Waals surface area contributed by atoms with Crippen LogP contribution in [0.5, 0.6) is 0 Å². The molecule has 1 N–H and O–H groups in total. The van der Waals surface area contributed by atoms with Gasteiger partial charge < -0.3 is 4.74 Å². The van der Waals surface area contributed by atoms with Crippen LogP contribution in [0.25, 0.3) is 0 Å². The first kappa shape index (κ1) is 16.4. The van der Waals surface area contributed by atoms with E-state index in [4.69, 9.17) is 16.3 Å². The molecule has 0 aliphatic heterocycles. The molecular formula is C13H20ClNO3S. The minimum absolute atomic E-state index is 0.183. The van der Waals surface area contributed by atoms with Gasteiger partial charge in [0.05, 0.1) is 4.90 Å². The summed E-state index contributed by atoms with van der Waals surface area (Å²) in [4.78, 5) is 0.183. The molecule has 19 heavy (non-hydrogen) atoms. The van der Waals surface area contributed by atoms with Crippen molar-refractivity contribution < 1.29 is 13.2 Å². The van der Waals surface area contributed by atoms with Crippen LogP contribution in [0.3, 0.4) is 0 Å². The Kier molecular flexibility index (Phi) is 6.79. The summed E-state index contributed by atoms with van der Waals surface area (Å²) in [7, 11) is -3.48. The van der Waals surface area contributed by atoms with Crippen molar-refractivity contribution in [2.75, 3.05) is 19.8 Å². The molecule has 0 aromatic heterocycles. The maximum Gasteiger partial charge on any atom is 0.240 e. The molecule has 108 valence electrons. The number of hydrogen-bond acceptors (Lipinski definition) is 3. The zero-order valence-corrected chi connectivity index (χ0v) is 12.8. The van der Waals surface area contributed by atoms with Crippen LogP contribution in [-0.2, 0) is 14.8 Å². The first-order valence-electron chi connectivity index (χ1n) is 6.25. The first-order valence-corrected chi connectivity index (χ1v) is 8.11. The van der Waals surface area contributed by atoms with Crippen molar-refractivity contribution in [1.82, 2.24) is 4.72 Å². The molecule has 6 heteroatoms. The van der Waals surface area contributed by atoms with Crippen LogP contribution in [0, 0.1) is 5.92 Å². The predicted molar refractivity (Wildman–Crippen MR) is 76.9 cm³/mol. The standard InChI is InChI=1S/C13H20ClNO3S/c1-11(2)10-18-8-4-7-15-19(16,17)13-6-3-5-12(14)9-13/h3,5-6,9,11,15H,4,7-8,10H2,1-2H3. The fourth-order valence-corrected chi connectivity index (χ4v) is 2.79. The zero-order chi connectivity index (χ0) is 14.3. The van der Waals surface area contributed by atoms with Gasteiger partial charge in [0.1, 0.15) is 0 Å². The lowest BCUT2D eigenvalue weighted by Crippen LogP contribution is -2.25. The Bertz CT molecular complexity index is 488. The smallest absolute Gasteiger partial charge is 0.240 e. The van der Waals surface area contributed by atoms with E-state index in [1.54, 1.807) is 12.1 Å². The van der Waals surface area contributed by atoms with Gasteiger partial charge in [0, 0.05) is 24.8 Å². The number of rotatable bonds is 8. The molecule has 0 amide bonds. The largest absolute Gasteiger partial charge is 0.381 e. The predicted octanol–water partition coefficient (Wildman–Crippen LogP) is 2.68. The van der Waals surface area contributed by atoms with E-state index in [1.165, 1.54) is 12.1 Å². The molecule has 0 bridgehead atoms. The first-order chi connectivity index (χ1) is 8.92. The summed E-state index contributed by atoms with van der Waals surface area (Å²) >= 11 is 5.77. The van der Waals surface area contributed by atoms with Crippen LogP contribution in [0.4, 0.5) is 0 Å². The third-order valence-corrected chi connectivity index (χ3v) is 4.01. The molecule has 1 aromatic carbocycles. The van der Waals surface area contributed by atoms with Gasteiger partial charge in [-0.25, -0.2) is 13.1 Å². The second-order valence-corrected chi connectivity index (χ2v) is 6.88. The molecule has 1 rings (SSSR count). The quantitative estimate of drug-likeness (QED) is 0.751. The molecule has 0 radical (unpaired) electrons. The summed E-state index contributed by atoms with van der Waals surface area (Å²) in [6.07, 6.45) is 0.645. The highest BCUT2D eigenvalue weighted by Gasteiger charge is 2.13. The van der Waals surface area contributed by atoms with Crippen LogP contribution in [-0.4, -0.2) is 28.2 Å². The number of benzene rings is 1. The van der Waals surface area contributed by atoms with Crippen LogP contribution < -0.4 is 4.72 Å². The molecule has 0 saturated carbocycles. The number of halogens is 1. The van der Waals surface area contributed by atoms with Crippen LogP contribution in [0.15, 0.2) is 29.2 Å². The van der Waals surface area contributed by atoms with Gasteiger partial charge in [-0.05, 0) is 30.5 Å². The molecular weight excluding hydrogens is 286 g/mol. The van der Waals surface area contributed by atoms with Crippen molar-refractivity contribution in [2.24, 2.45) is 5.92 Å². The molecule has 0 heterocycles. The Hall–Kier alpha value is -0.620. The summed E-state index contributed by atoms with van der Waals surface area (Å²) in [5.41, 5.74) is 0. The Morgan fingerprint density at radius 3 is 2.74 bits per heavy atom. The topological polar surface area (TPSA) is 55.4 Å². The minimum atomic E-state index is -3.48. The number of nitrogens with one attached hydrogen (secondary N) is 1. The highest BCUT2D eigenvalue weighted by molar-refractivity contribution is 7.89. The van der Waals surface area contributed by atoms with E-state index < -0.39 is 10.0 Å². The minimum Gasteiger partial charge on any atom is -0.381 e. The normalized spacial score (nSPS) is 12.0. The zero-order valence-electron chi connectivity index (χ0n) is 11.2. The SMILES string of the molecule is CC(C)COCCCNS(=O)(=O)c1cccc(Cl)c1. The van der Waals surface area contributed by atoms with Gasteiger partial charge in [0.2, 0.25) is 10.0 Å². The lowest BCUT2D eigenvalue weighted by atomic mass is 10.2. The second-order valence-electron chi connectivity index (χ2n) is 4.68. The van der Waals surface area contributed by atoms with E-state index in [-0.39, 0.29) is 4.90 Å². The molecule has 0 unspecified atom stereocenters. The second kappa shape index (κ2) is 7.85. The number of ether oxygens (including phenoxy) is 1. The molecule has 0 aliphatic rings. The van der Waals surface area contributed by atoms with Crippen molar-refractivity contribution >= 4 is 21.6 Å². The van der Waals surface area contributed by atoms with E-state index in [0.717, 1.165) is 0 Å². The van der Waals surface area contributed by atoms with Gasteiger partial charge in [-0.1, -0.05) is 31.5 Å². The highest BCUT2D eigenvalue weighted by Crippen LogP contribution is 2.14. The average Bonchev–Trinajstić information content (AvgIpc) is 2.33. The monoisotopic (exact) mass is 305 g/mol. The van der Waals surface area contributed by atoms with Gasteiger partial charge >= 0.3 is 0 Å². The third-order valence-electron chi connectivity index (χ3n) is 2.32. The van der Waals surface area contributed by atoms with Gasteiger partial charge in [-0.3, -0.25) is 0 Å². The maximum absolute atomic E-state index is 11.9. The fourth-order valence-electron chi connectivity index (χ4n) is 1.42. The lowest BCUT2D eigenvalue weighted by molar-refractivity contribution is 0.108. The van der Waals surface area contributed by atoms with Crippen molar-refractivity contribution in [2.45, 2.75) is 25.2 Å². The summed E-state index contributed by atoms with van der Waals surface area (Å²) in [5, 5.41) is 0.406. The van der Waals surface area contributed by atoms with E-state index in [1.807, 2.05) is 0 Å². The molecule has 0 atom stereocenters. The van der Waals surface area contributed by atoms with Crippen molar-refractivity contribution in [3.63, 3.8) is 0 Å². The highest BCUT2D eigenvalue weighted by atomic mass is 35.5. The molecule has 0 spiro atoms. The van der Waals surface area contributed by atoms with Crippen molar-refractivity contribution in [1.29, 1.82) is 0 Å². The summed E-state index contributed by atoms with van der Waals surface area (Å²) in [5.74, 6) is 0.489. The summed E-state index contributed by atoms with van der Waals surface area (Å²) in [6, 6.07) is 6.20. The fraction of sp³-hybridized carbons (Fsp3) is 0.538. The van der Waals surface area contributed by atoms with Crippen molar-refractivity contribution in [3.05, 3.63) is 29.3 Å². The van der Waals surface area contributed by atoms with Gasteiger partial charge in [-0.2, -0.15) is 0 Å². The Morgan fingerprint density at radius 2 is 2.11 bits per heavy atom. The number of hydrogen-bond donors (Lipinski definition) is 1. The van der Waals surface area contributed by atoms with Gasteiger partial charge in [0.15, 0.2) is 0 Å². The third kappa shape index (κ3) is 6.38. The number of sulfonamides is 1. The van der Waals surface area contributed by atoms with Crippen LogP contribution in [0.1, 0.15) is 20.3 Å². The van der Waals surface area contributed by atoms with E-state index in [2.05, 4.69) is 18.6 Å². The summed E-state index contributed by atoms with van der Waals surface area (Å²) in [6.45, 7) is 5.74. The Morgan fingerprint density at radius 1 is 1.37 bits per heavy atom. The molecule has 4 nitrogen and oxygen atoms in total. The van der Waals surface area contributed by atoms with E-state index in [9.17, 15) is 8.42 Å². The van der Waals surface area contributed by atoms with E-state index >= 15 is 0 Å². The maximum atomic E-state index is 11.9. The molecule has 0 saturated heterocycles. The van der Waals surface area contributed by atoms with Gasteiger partial charge in [-0.15, -0.1) is 0 Å². The van der Waals surface area contributed by atoms with Crippen LogP contribution in [0.2, 0.25) is 5.02 Å². The van der Waals surface area contributed by atoms with Gasteiger partial charge in [0.25, 0.3) is 0 Å². The van der Waals surface area contributed by atoms with Crippen LogP contribution >= 0.6 is 11.6 Å². The molecule has 0 aliphatic carbocycles. The van der Waals surface area contributed by atoms with E-state index in [0.29, 0.717) is 37.1 Å². The lowest BCUT2D eigenvalue weighted by Gasteiger charge is -2.08. The summed E-state index contributed by atoms with van der Waals surface area (Å²) < 4.78 is 31.7.